The molecule has 1 N–H and O–H groups in total. The molecular formula is C32H37NO6. The smallest absolute Gasteiger partial charge is 0.243 e. The van der Waals surface area contributed by atoms with E-state index in [0.29, 0.717) is 44.3 Å². The lowest BCUT2D eigenvalue weighted by Gasteiger charge is -2.19. The van der Waals surface area contributed by atoms with E-state index in [9.17, 15) is 4.79 Å². The highest BCUT2D eigenvalue weighted by Crippen LogP contribution is 2.28. The van der Waals surface area contributed by atoms with Crippen molar-refractivity contribution in [3.05, 3.63) is 114 Å². The summed E-state index contributed by atoms with van der Waals surface area (Å²) >= 11 is 0. The topological polar surface area (TPSA) is 75.3 Å². The summed E-state index contributed by atoms with van der Waals surface area (Å²) in [7, 11) is 3.20. The van der Waals surface area contributed by atoms with Gasteiger partial charge in [0.2, 0.25) is 5.91 Å². The van der Waals surface area contributed by atoms with Gasteiger partial charge in [0.1, 0.15) is 6.10 Å². The van der Waals surface area contributed by atoms with Gasteiger partial charge in [-0.05, 0) is 35.2 Å². The molecule has 0 fully saturated rings. The zero-order valence-electron chi connectivity index (χ0n) is 22.6. The summed E-state index contributed by atoms with van der Waals surface area (Å²) in [5.74, 6) is 1.03. The Morgan fingerprint density at radius 2 is 1.56 bits per heavy atom. The number of methoxy groups -OCH3 is 2. The average molecular weight is 532 g/mol. The van der Waals surface area contributed by atoms with Crippen LogP contribution < -0.4 is 14.8 Å². The van der Waals surface area contributed by atoms with Gasteiger partial charge in [-0.1, -0.05) is 85.0 Å². The van der Waals surface area contributed by atoms with Crippen molar-refractivity contribution in [1.82, 2.24) is 5.32 Å². The van der Waals surface area contributed by atoms with E-state index >= 15 is 0 Å². The molecule has 0 saturated carbocycles. The van der Waals surface area contributed by atoms with Crippen LogP contribution in [0, 0.1) is 0 Å². The number of benzene rings is 3. The van der Waals surface area contributed by atoms with E-state index in [1.165, 1.54) is 6.08 Å². The molecule has 206 valence electrons. The van der Waals surface area contributed by atoms with E-state index in [1.54, 1.807) is 26.4 Å². The molecule has 3 rings (SSSR count). The quantitative estimate of drug-likeness (QED) is 0.106. The van der Waals surface area contributed by atoms with Crippen LogP contribution in [0.15, 0.2) is 97.1 Å². The van der Waals surface area contributed by atoms with Gasteiger partial charge in [0.15, 0.2) is 18.3 Å². The van der Waals surface area contributed by atoms with Crippen LogP contribution in [-0.4, -0.2) is 53.3 Å². The molecule has 0 spiro atoms. The predicted octanol–water partition coefficient (Wildman–Crippen LogP) is 5.58. The van der Waals surface area contributed by atoms with Crippen LogP contribution in [0.2, 0.25) is 0 Å². The molecule has 0 saturated heterocycles. The van der Waals surface area contributed by atoms with Crippen LogP contribution in [0.3, 0.4) is 0 Å². The molecule has 0 bridgehead atoms. The number of rotatable bonds is 17. The van der Waals surface area contributed by atoms with Crippen molar-refractivity contribution in [1.29, 1.82) is 0 Å². The molecular weight excluding hydrogens is 494 g/mol. The Morgan fingerprint density at radius 3 is 2.23 bits per heavy atom. The minimum absolute atomic E-state index is 0.111. The number of allylic oxidation sites excluding steroid dienone is 2. The third-order valence-electron chi connectivity index (χ3n) is 5.67. The van der Waals surface area contributed by atoms with Gasteiger partial charge in [-0.25, -0.2) is 0 Å². The van der Waals surface area contributed by atoms with Gasteiger partial charge in [-0.3, -0.25) is 4.79 Å². The standard InChI is InChI=1S/C32H37NO6/c1-35-22-23-37-25-39-29-19-18-26(24-30(29)36-2)12-9-10-17-31(34)33-20-11-21-38-32(27-13-5-3-6-14-27)28-15-7-4-8-16-28/h3-10,12-19,24,32H,11,20-23,25H2,1-2H3,(H,33,34). The Bertz CT molecular complexity index is 1120. The normalized spacial score (nSPS) is 11.4. The molecule has 1 amide bonds. The lowest BCUT2D eigenvalue weighted by atomic mass is 10.0. The summed E-state index contributed by atoms with van der Waals surface area (Å²) in [6, 6.07) is 25.9. The molecule has 3 aromatic rings. The van der Waals surface area contributed by atoms with E-state index in [4.69, 9.17) is 23.7 Å². The Morgan fingerprint density at radius 1 is 0.846 bits per heavy atom. The van der Waals surface area contributed by atoms with Gasteiger partial charge in [0.25, 0.3) is 0 Å². The second-order valence-electron chi connectivity index (χ2n) is 8.51. The molecule has 0 aliphatic carbocycles. The van der Waals surface area contributed by atoms with Gasteiger partial charge in [-0.15, -0.1) is 0 Å². The number of amides is 1. The van der Waals surface area contributed by atoms with Crippen LogP contribution in [0.5, 0.6) is 11.5 Å². The summed E-state index contributed by atoms with van der Waals surface area (Å²) in [6.45, 7) is 2.13. The van der Waals surface area contributed by atoms with Crippen molar-refractivity contribution in [3.8, 4) is 11.5 Å². The van der Waals surface area contributed by atoms with Crippen LogP contribution in [0.25, 0.3) is 6.08 Å². The van der Waals surface area contributed by atoms with Crippen molar-refractivity contribution < 1.29 is 28.5 Å². The zero-order chi connectivity index (χ0) is 27.5. The first-order valence-electron chi connectivity index (χ1n) is 12.9. The molecule has 0 unspecified atom stereocenters. The zero-order valence-corrected chi connectivity index (χ0v) is 22.6. The largest absolute Gasteiger partial charge is 0.493 e. The van der Waals surface area contributed by atoms with E-state index in [0.717, 1.165) is 16.7 Å². The molecule has 0 atom stereocenters. The lowest BCUT2D eigenvalue weighted by molar-refractivity contribution is -0.116. The SMILES string of the molecule is COCCOCOc1ccc(C=CC=CC(=O)NCCCOC(c2ccccc2)c2ccccc2)cc1OC. The molecule has 7 heteroatoms. The maximum atomic E-state index is 12.2. The molecule has 0 aliphatic heterocycles. The number of hydrogen-bond acceptors (Lipinski definition) is 6. The third-order valence-corrected chi connectivity index (χ3v) is 5.67. The minimum Gasteiger partial charge on any atom is -0.493 e. The first kappa shape index (κ1) is 29.6. The van der Waals surface area contributed by atoms with Crippen LogP contribution in [0.1, 0.15) is 29.2 Å². The summed E-state index contributed by atoms with van der Waals surface area (Å²) < 4.78 is 27.5. The molecule has 0 aliphatic rings. The second-order valence-corrected chi connectivity index (χ2v) is 8.51. The van der Waals surface area contributed by atoms with Crippen LogP contribution >= 0.6 is 0 Å². The molecule has 7 nitrogen and oxygen atoms in total. The maximum absolute atomic E-state index is 12.2. The van der Waals surface area contributed by atoms with Gasteiger partial charge >= 0.3 is 0 Å². The number of carbonyl (C=O) groups excluding carboxylic acids is 1. The maximum Gasteiger partial charge on any atom is 0.243 e. The highest BCUT2D eigenvalue weighted by molar-refractivity contribution is 5.87. The summed E-state index contributed by atoms with van der Waals surface area (Å²) in [6.07, 6.45) is 7.45. The second kappa shape index (κ2) is 17.6. The average Bonchev–Trinajstić information content (AvgIpc) is 2.98. The fourth-order valence-corrected chi connectivity index (χ4v) is 3.71. The lowest BCUT2D eigenvalue weighted by Crippen LogP contribution is -2.23. The number of ether oxygens (including phenoxy) is 5. The molecule has 3 aromatic carbocycles. The van der Waals surface area contributed by atoms with Gasteiger partial charge in [-0.2, -0.15) is 0 Å². The summed E-state index contributed by atoms with van der Waals surface area (Å²) in [5.41, 5.74) is 3.12. The van der Waals surface area contributed by atoms with Gasteiger partial charge < -0.3 is 29.0 Å². The van der Waals surface area contributed by atoms with Crippen molar-refractivity contribution in [2.45, 2.75) is 12.5 Å². The predicted molar refractivity (Wildman–Crippen MR) is 153 cm³/mol. The molecule has 0 radical (unpaired) electrons. The third kappa shape index (κ3) is 10.8. The molecule has 0 aromatic heterocycles. The van der Waals surface area contributed by atoms with Gasteiger partial charge in [0, 0.05) is 26.3 Å². The summed E-state index contributed by atoms with van der Waals surface area (Å²) in [5, 5.41) is 2.90. The van der Waals surface area contributed by atoms with Crippen molar-refractivity contribution in [3.63, 3.8) is 0 Å². The summed E-state index contributed by atoms with van der Waals surface area (Å²) in [4.78, 5) is 12.2. The first-order valence-corrected chi connectivity index (χ1v) is 12.9. The number of hydrogen-bond donors (Lipinski definition) is 1. The Hall–Kier alpha value is -3.91. The monoisotopic (exact) mass is 531 g/mol. The van der Waals surface area contributed by atoms with Crippen molar-refractivity contribution in [2.75, 3.05) is 47.4 Å². The van der Waals surface area contributed by atoms with E-state index in [1.807, 2.05) is 60.7 Å². The molecule has 39 heavy (non-hydrogen) atoms. The van der Waals surface area contributed by atoms with E-state index in [-0.39, 0.29) is 18.8 Å². The van der Waals surface area contributed by atoms with Crippen molar-refractivity contribution in [2.24, 2.45) is 0 Å². The van der Waals surface area contributed by atoms with E-state index < -0.39 is 0 Å². The fraction of sp³-hybridized carbons (Fsp3) is 0.281. The molecule has 0 heterocycles. The number of carbonyl (C=O) groups is 1. The van der Waals surface area contributed by atoms with Gasteiger partial charge in [0.05, 0.1) is 20.3 Å². The fourth-order valence-electron chi connectivity index (χ4n) is 3.71. The Kier molecular flexibility index (Phi) is 13.4. The number of nitrogens with one attached hydrogen (secondary N) is 1. The van der Waals surface area contributed by atoms with Crippen molar-refractivity contribution >= 4 is 12.0 Å². The van der Waals surface area contributed by atoms with E-state index in [2.05, 4.69) is 29.6 Å². The van der Waals surface area contributed by atoms with Crippen LogP contribution in [-0.2, 0) is 19.0 Å². The Labute approximate surface area is 231 Å². The highest BCUT2D eigenvalue weighted by Gasteiger charge is 2.14. The first-order chi connectivity index (χ1) is 19.2. The Balaban J connectivity index is 1.39. The van der Waals surface area contributed by atoms with Crippen LogP contribution in [0.4, 0.5) is 0 Å². The minimum atomic E-state index is -0.155. The highest BCUT2D eigenvalue weighted by atomic mass is 16.7.